The van der Waals surface area contributed by atoms with Gasteiger partial charge in [-0.1, -0.05) is 6.07 Å². The van der Waals surface area contributed by atoms with Crippen LogP contribution in [0.3, 0.4) is 0 Å². The van der Waals surface area contributed by atoms with Crippen molar-refractivity contribution in [1.82, 2.24) is 15.2 Å². The molecule has 0 aliphatic heterocycles. The third-order valence-electron chi connectivity index (χ3n) is 2.81. The van der Waals surface area contributed by atoms with Crippen molar-refractivity contribution in [2.24, 2.45) is 0 Å². The number of nitrogens with one attached hydrogen (secondary N) is 1. The molecule has 1 aromatic heterocycles. The Morgan fingerprint density at radius 2 is 2.29 bits per heavy atom. The molecule has 0 aliphatic rings. The van der Waals surface area contributed by atoms with Crippen molar-refractivity contribution in [3.8, 4) is 0 Å². The van der Waals surface area contributed by atoms with Crippen LogP contribution in [0, 0.1) is 0 Å². The van der Waals surface area contributed by atoms with Crippen LogP contribution >= 0.6 is 0 Å². The molecule has 0 fully saturated rings. The molecular formula is C13H23N3O. The lowest BCUT2D eigenvalue weighted by Gasteiger charge is -2.24. The normalized spacial score (nSPS) is 12.9. The predicted octanol–water partition coefficient (Wildman–Crippen LogP) is 1.14. The molecular weight excluding hydrogens is 214 g/mol. The van der Waals surface area contributed by atoms with E-state index in [1.807, 2.05) is 18.3 Å². The Bertz CT molecular complexity index is 292. The molecule has 0 spiro atoms. The SMILES string of the molecule is COCCNCC(C)N(C)Cc1ccccn1. The predicted molar refractivity (Wildman–Crippen MR) is 69.9 cm³/mol. The number of rotatable bonds is 8. The molecule has 1 rings (SSSR count). The lowest BCUT2D eigenvalue weighted by Crippen LogP contribution is -2.38. The van der Waals surface area contributed by atoms with Gasteiger partial charge in [-0.15, -0.1) is 0 Å². The third-order valence-corrected chi connectivity index (χ3v) is 2.81. The van der Waals surface area contributed by atoms with E-state index in [1.165, 1.54) is 0 Å². The summed E-state index contributed by atoms with van der Waals surface area (Å²) in [6.45, 7) is 5.72. The average molecular weight is 237 g/mol. The molecule has 1 atom stereocenters. The quantitative estimate of drug-likeness (QED) is 0.688. The molecule has 1 heterocycles. The second-order valence-electron chi connectivity index (χ2n) is 4.28. The average Bonchev–Trinajstić information content (AvgIpc) is 2.35. The van der Waals surface area contributed by atoms with Crippen molar-refractivity contribution >= 4 is 0 Å². The van der Waals surface area contributed by atoms with Crippen molar-refractivity contribution in [2.45, 2.75) is 19.5 Å². The van der Waals surface area contributed by atoms with Crippen molar-refractivity contribution in [3.63, 3.8) is 0 Å². The maximum Gasteiger partial charge on any atom is 0.0587 e. The molecule has 0 radical (unpaired) electrons. The maximum atomic E-state index is 4.99. The van der Waals surface area contributed by atoms with Crippen LogP contribution in [-0.4, -0.2) is 49.8 Å². The Balaban J connectivity index is 2.24. The minimum atomic E-state index is 0.480. The van der Waals surface area contributed by atoms with Gasteiger partial charge >= 0.3 is 0 Å². The van der Waals surface area contributed by atoms with E-state index < -0.39 is 0 Å². The molecule has 0 bridgehead atoms. The summed E-state index contributed by atoms with van der Waals surface area (Å²) in [7, 11) is 3.84. The van der Waals surface area contributed by atoms with Gasteiger partial charge < -0.3 is 10.1 Å². The highest BCUT2D eigenvalue weighted by atomic mass is 16.5. The summed E-state index contributed by atoms with van der Waals surface area (Å²) in [5, 5.41) is 3.37. The van der Waals surface area contributed by atoms with Gasteiger partial charge in [-0.2, -0.15) is 0 Å². The molecule has 0 saturated heterocycles. The molecule has 1 aromatic rings. The van der Waals surface area contributed by atoms with Gasteiger partial charge in [0.1, 0.15) is 0 Å². The highest BCUT2D eigenvalue weighted by molar-refractivity contribution is 5.03. The van der Waals surface area contributed by atoms with Crippen molar-refractivity contribution in [1.29, 1.82) is 0 Å². The molecule has 1 unspecified atom stereocenters. The Morgan fingerprint density at radius 3 is 2.94 bits per heavy atom. The van der Waals surface area contributed by atoms with Crippen molar-refractivity contribution in [3.05, 3.63) is 30.1 Å². The zero-order valence-corrected chi connectivity index (χ0v) is 11.0. The zero-order chi connectivity index (χ0) is 12.5. The van der Waals surface area contributed by atoms with Crippen LogP contribution in [0.25, 0.3) is 0 Å². The number of nitrogens with zero attached hydrogens (tertiary/aromatic N) is 2. The van der Waals surface area contributed by atoms with Gasteiger partial charge in [0, 0.05) is 39.0 Å². The van der Waals surface area contributed by atoms with Gasteiger partial charge in [0.2, 0.25) is 0 Å². The molecule has 4 nitrogen and oxygen atoms in total. The second-order valence-corrected chi connectivity index (χ2v) is 4.28. The number of methoxy groups -OCH3 is 1. The minimum Gasteiger partial charge on any atom is -0.383 e. The van der Waals surface area contributed by atoms with Crippen LogP contribution in [0.2, 0.25) is 0 Å². The standard InChI is InChI=1S/C13H23N3O/c1-12(10-14-8-9-17-3)16(2)11-13-6-4-5-7-15-13/h4-7,12,14H,8-11H2,1-3H3. The molecule has 4 heteroatoms. The van der Waals surface area contributed by atoms with Gasteiger partial charge in [-0.25, -0.2) is 0 Å². The smallest absolute Gasteiger partial charge is 0.0587 e. The van der Waals surface area contributed by atoms with Crippen LogP contribution < -0.4 is 5.32 Å². The Morgan fingerprint density at radius 1 is 1.47 bits per heavy atom. The van der Waals surface area contributed by atoms with E-state index in [0.29, 0.717) is 6.04 Å². The zero-order valence-electron chi connectivity index (χ0n) is 11.0. The summed E-state index contributed by atoms with van der Waals surface area (Å²) < 4.78 is 4.99. The molecule has 0 aliphatic carbocycles. The van der Waals surface area contributed by atoms with Crippen LogP contribution in [0.1, 0.15) is 12.6 Å². The molecule has 0 aromatic carbocycles. The first-order chi connectivity index (χ1) is 8.24. The number of hydrogen-bond donors (Lipinski definition) is 1. The molecule has 17 heavy (non-hydrogen) atoms. The largest absolute Gasteiger partial charge is 0.383 e. The highest BCUT2D eigenvalue weighted by Gasteiger charge is 2.09. The van der Waals surface area contributed by atoms with E-state index in [2.05, 4.69) is 35.2 Å². The lowest BCUT2D eigenvalue weighted by atomic mass is 10.2. The fraction of sp³-hybridized carbons (Fsp3) is 0.615. The first-order valence-electron chi connectivity index (χ1n) is 6.04. The molecule has 96 valence electrons. The topological polar surface area (TPSA) is 37.4 Å². The molecule has 0 saturated carbocycles. The molecule has 0 amide bonds. The summed E-state index contributed by atoms with van der Waals surface area (Å²) in [5.41, 5.74) is 1.11. The Hall–Kier alpha value is -0.970. The van der Waals surface area contributed by atoms with Crippen molar-refractivity contribution < 1.29 is 4.74 Å². The Labute approximate surface area is 104 Å². The Kier molecular flexibility index (Phi) is 6.77. The summed E-state index contributed by atoms with van der Waals surface area (Å²) in [6.07, 6.45) is 1.84. The molecule has 1 N–H and O–H groups in total. The maximum absolute atomic E-state index is 4.99. The number of aromatic nitrogens is 1. The van der Waals surface area contributed by atoms with Crippen molar-refractivity contribution in [2.75, 3.05) is 33.9 Å². The van der Waals surface area contributed by atoms with E-state index in [9.17, 15) is 0 Å². The summed E-state index contributed by atoms with van der Waals surface area (Å²) in [6, 6.07) is 6.51. The van der Waals surface area contributed by atoms with Gasteiger partial charge in [0.05, 0.1) is 12.3 Å². The van der Waals surface area contributed by atoms with Gasteiger partial charge in [0.25, 0.3) is 0 Å². The summed E-state index contributed by atoms with van der Waals surface area (Å²) in [5.74, 6) is 0. The summed E-state index contributed by atoms with van der Waals surface area (Å²) >= 11 is 0. The van der Waals surface area contributed by atoms with Crippen LogP contribution in [0.15, 0.2) is 24.4 Å². The van der Waals surface area contributed by atoms with Crippen LogP contribution in [0.4, 0.5) is 0 Å². The monoisotopic (exact) mass is 237 g/mol. The van der Waals surface area contributed by atoms with E-state index in [0.717, 1.165) is 31.9 Å². The number of hydrogen-bond acceptors (Lipinski definition) is 4. The van der Waals surface area contributed by atoms with Crippen LogP contribution in [-0.2, 0) is 11.3 Å². The number of ether oxygens (including phenoxy) is 1. The first kappa shape index (κ1) is 14.1. The lowest BCUT2D eigenvalue weighted by molar-refractivity contribution is 0.190. The van der Waals surface area contributed by atoms with E-state index in [4.69, 9.17) is 4.74 Å². The van der Waals surface area contributed by atoms with E-state index >= 15 is 0 Å². The number of pyridine rings is 1. The third kappa shape index (κ3) is 5.77. The summed E-state index contributed by atoms with van der Waals surface area (Å²) in [4.78, 5) is 6.62. The number of likely N-dealkylation sites (N-methyl/N-ethyl adjacent to an activating group) is 1. The second kappa shape index (κ2) is 8.17. The van der Waals surface area contributed by atoms with Gasteiger partial charge in [-0.3, -0.25) is 9.88 Å². The van der Waals surface area contributed by atoms with Gasteiger partial charge in [0.15, 0.2) is 0 Å². The highest BCUT2D eigenvalue weighted by Crippen LogP contribution is 2.02. The fourth-order valence-corrected chi connectivity index (χ4v) is 1.54. The van der Waals surface area contributed by atoms with E-state index in [1.54, 1.807) is 7.11 Å². The van der Waals surface area contributed by atoms with E-state index in [-0.39, 0.29) is 0 Å². The van der Waals surface area contributed by atoms with Crippen LogP contribution in [0.5, 0.6) is 0 Å². The first-order valence-corrected chi connectivity index (χ1v) is 6.04. The van der Waals surface area contributed by atoms with Gasteiger partial charge in [-0.05, 0) is 26.1 Å². The fourth-order valence-electron chi connectivity index (χ4n) is 1.54. The minimum absolute atomic E-state index is 0.480.